The van der Waals surface area contributed by atoms with Crippen LogP contribution in [0.25, 0.3) is 0 Å². The van der Waals surface area contributed by atoms with Gasteiger partial charge in [0.2, 0.25) is 0 Å². The highest BCUT2D eigenvalue weighted by Crippen LogP contribution is 2.36. The predicted molar refractivity (Wildman–Crippen MR) is 60.9 cm³/mol. The van der Waals surface area contributed by atoms with Crippen LogP contribution in [0, 0.1) is 5.92 Å². The Balaban J connectivity index is 3.18. The molecule has 0 aliphatic carbocycles. The molecule has 1 atom stereocenters. The Morgan fingerprint density at radius 2 is 1.81 bits per heavy atom. The summed E-state index contributed by atoms with van der Waals surface area (Å²) < 4.78 is 37.9. The van der Waals surface area contributed by atoms with E-state index in [4.69, 9.17) is 5.73 Å². The van der Waals surface area contributed by atoms with Crippen molar-refractivity contribution >= 4 is 15.9 Å². The van der Waals surface area contributed by atoms with Crippen molar-refractivity contribution in [3.8, 4) is 0 Å². The molecule has 1 rings (SSSR count). The Labute approximate surface area is 101 Å². The highest BCUT2D eigenvalue weighted by atomic mass is 79.9. The fourth-order valence-electron chi connectivity index (χ4n) is 1.35. The van der Waals surface area contributed by atoms with Crippen LogP contribution in [0.4, 0.5) is 13.2 Å². The fourth-order valence-corrected chi connectivity index (χ4v) is 1.82. The summed E-state index contributed by atoms with van der Waals surface area (Å²) in [6, 6.07) is 3.73. The quantitative estimate of drug-likeness (QED) is 0.872. The molecule has 0 aliphatic heterocycles. The first-order valence-electron chi connectivity index (χ1n) is 4.85. The molecule has 2 N–H and O–H groups in total. The van der Waals surface area contributed by atoms with Gasteiger partial charge in [-0.15, -0.1) is 0 Å². The fraction of sp³-hybridized carbons (Fsp3) is 0.455. The van der Waals surface area contributed by atoms with Crippen molar-refractivity contribution in [3.63, 3.8) is 0 Å². The van der Waals surface area contributed by atoms with Gasteiger partial charge in [-0.05, 0) is 23.6 Å². The molecule has 0 aliphatic rings. The molecule has 0 radical (unpaired) electrons. The van der Waals surface area contributed by atoms with Gasteiger partial charge in [0.25, 0.3) is 0 Å². The average Bonchev–Trinajstić information content (AvgIpc) is 2.15. The van der Waals surface area contributed by atoms with Crippen molar-refractivity contribution in [2.75, 3.05) is 0 Å². The summed E-state index contributed by atoms with van der Waals surface area (Å²) in [5, 5.41) is 0. The van der Waals surface area contributed by atoms with E-state index in [2.05, 4.69) is 15.9 Å². The zero-order chi connectivity index (χ0) is 12.5. The molecule has 0 spiro atoms. The second-order valence-electron chi connectivity index (χ2n) is 4.01. The molecule has 0 amide bonds. The molecule has 0 aromatic heterocycles. The third kappa shape index (κ3) is 2.98. The minimum absolute atomic E-state index is 0.0414. The van der Waals surface area contributed by atoms with Crippen molar-refractivity contribution in [1.82, 2.24) is 0 Å². The van der Waals surface area contributed by atoms with E-state index in [1.807, 2.05) is 13.8 Å². The number of hydrogen-bond donors (Lipinski definition) is 1. The van der Waals surface area contributed by atoms with E-state index in [0.29, 0.717) is 5.56 Å². The number of hydrogen-bond acceptors (Lipinski definition) is 1. The van der Waals surface area contributed by atoms with Crippen molar-refractivity contribution in [1.29, 1.82) is 0 Å². The minimum atomic E-state index is -4.36. The largest absolute Gasteiger partial charge is 0.417 e. The van der Waals surface area contributed by atoms with Gasteiger partial charge in [-0.25, -0.2) is 0 Å². The van der Waals surface area contributed by atoms with Gasteiger partial charge in [0.1, 0.15) is 0 Å². The standard InChI is InChI=1S/C11H13BrF3N/c1-6(2)10(16)7-3-4-9(12)8(5-7)11(13,14)15/h3-6,10H,16H2,1-2H3. The molecule has 1 aromatic carbocycles. The summed E-state index contributed by atoms with van der Waals surface area (Å²) in [5.41, 5.74) is 5.64. The van der Waals surface area contributed by atoms with E-state index in [1.165, 1.54) is 6.07 Å². The molecule has 0 saturated carbocycles. The van der Waals surface area contributed by atoms with E-state index < -0.39 is 11.7 Å². The topological polar surface area (TPSA) is 26.0 Å². The first-order chi connectivity index (χ1) is 7.23. The average molecular weight is 296 g/mol. The zero-order valence-corrected chi connectivity index (χ0v) is 10.6. The molecule has 1 nitrogen and oxygen atoms in total. The van der Waals surface area contributed by atoms with Crippen LogP contribution < -0.4 is 5.73 Å². The van der Waals surface area contributed by atoms with Gasteiger partial charge in [0, 0.05) is 10.5 Å². The number of benzene rings is 1. The lowest BCUT2D eigenvalue weighted by Crippen LogP contribution is -2.18. The van der Waals surface area contributed by atoms with Crippen molar-refractivity contribution in [2.24, 2.45) is 11.7 Å². The van der Waals surface area contributed by atoms with E-state index in [0.717, 1.165) is 6.07 Å². The van der Waals surface area contributed by atoms with E-state index in [1.54, 1.807) is 6.07 Å². The molecule has 0 fully saturated rings. The Bertz CT molecular complexity index is 374. The van der Waals surface area contributed by atoms with Gasteiger partial charge in [0.15, 0.2) is 0 Å². The van der Waals surface area contributed by atoms with Crippen LogP contribution in [-0.2, 0) is 6.18 Å². The van der Waals surface area contributed by atoms with Crippen molar-refractivity contribution in [2.45, 2.75) is 26.1 Å². The second-order valence-corrected chi connectivity index (χ2v) is 4.86. The predicted octanol–water partition coefficient (Wildman–Crippen LogP) is 4.12. The summed E-state index contributed by atoms with van der Waals surface area (Å²) in [7, 11) is 0. The minimum Gasteiger partial charge on any atom is -0.324 e. The lowest BCUT2D eigenvalue weighted by molar-refractivity contribution is -0.138. The number of alkyl halides is 3. The Morgan fingerprint density at radius 1 is 1.25 bits per heavy atom. The third-order valence-electron chi connectivity index (χ3n) is 2.40. The molecule has 0 saturated heterocycles. The molecule has 0 bridgehead atoms. The smallest absolute Gasteiger partial charge is 0.324 e. The van der Waals surface area contributed by atoms with Crippen LogP contribution in [-0.4, -0.2) is 0 Å². The third-order valence-corrected chi connectivity index (χ3v) is 3.09. The lowest BCUT2D eigenvalue weighted by Gasteiger charge is -2.18. The number of halogens is 4. The van der Waals surface area contributed by atoms with E-state index in [-0.39, 0.29) is 16.4 Å². The van der Waals surface area contributed by atoms with Gasteiger partial charge in [-0.2, -0.15) is 13.2 Å². The van der Waals surface area contributed by atoms with Crippen LogP contribution in [0.2, 0.25) is 0 Å². The summed E-state index contributed by atoms with van der Waals surface area (Å²) in [4.78, 5) is 0. The maximum atomic E-state index is 12.6. The first-order valence-corrected chi connectivity index (χ1v) is 5.65. The summed E-state index contributed by atoms with van der Waals surface area (Å²) in [6.45, 7) is 3.75. The highest BCUT2D eigenvalue weighted by molar-refractivity contribution is 9.10. The van der Waals surface area contributed by atoms with Crippen molar-refractivity contribution in [3.05, 3.63) is 33.8 Å². The van der Waals surface area contributed by atoms with Gasteiger partial charge in [-0.3, -0.25) is 0 Å². The monoisotopic (exact) mass is 295 g/mol. The number of nitrogens with two attached hydrogens (primary N) is 1. The van der Waals surface area contributed by atoms with E-state index >= 15 is 0 Å². The van der Waals surface area contributed by atoms with Crippen LogP contribution in [0.15, 0.2) is 22.7 Å². The highest BCUT2D eigenvalue weighted by Gasteiger charge is 2.33. The van der Waals surface area contributed by atoms with Crippen LogP contribution in [0.3, 0.4) is 0 Å². The van der Waals surface area contributed by atoms with Gasteiger partial charge >= 0.3 is 6.18 Å². The maximum absolute atomic E-state index is 12.6. The zero-order valence-electron chi connectivity index (χ0n) is 8.98. The number of rotatable bonds is 2. The molecular weight excluding hydrogens is 283 g/mol. The SMILES string of the molecule is CC(C)C(N)c1ccc(Br)c(C(F)(F)F)c1. The molecule has 5 heteroatoms. The van der Waals surface area contributed by atoms with Gasteiger partial charge in [0.05, 0.1) is 5.56 Å². The Morgan fingerprint density at radius 3 is 2.25 bits per heavy atom. The second kappa shape index (κ2) is 4.75. The molecule has 0 heterocycles. The summed E-state index contributed by atoms with van der Waals surface area (Å²) >= 11 is 2.89. The molecule has 16 heavy (non-hydrogen) atoms. The van der Waals surface area contributed by atoms with Crippen LogP contribution in [0.5, 0.6) is 0 Å². The van der Waals surface area contributed by atoms with Crippen LogP contribution >= 0.6 is 15.9 Å². The van der Waals surface area contributed by atoms with Gasteiger partial charge < -0.3 is 5.73 Å². The van der Waals surface area contributed by atoms with Crippen molar-refractivity contribution < 1.29 is 13.2 Å². The Hall–Kier alpha value is -0.550. The van der Waals surface area contributed by atoms with E-state index in [9.17, 15) is 13.2 Å². The van der Waals surface area contributed by atoms with Gasteiger partial charge in [-0.1, -0.05) is 35.8 Å². The molecular formula is C11H13BrF3N. The molecule has 90 valence electrons. The summed E-state index contributed by atoms with van der Waals surface area (Å²) in [6.07, 6.45) is -4.36. The Kier molecular flexibility index (Phi) is 4.02. The maximum Gasteiger partial charge on any atom is 0.417 e. The molecule has 1 unspecified atom stereocenters. The van der Waals surface area contributed by atoms with Crippen LogP contribution in [0.1, 0.15) is 31.0 Å². The summed E-state index contributed by atoms with van der Waals surface area (Å²) in [5.74, 6) is 0.0993. The first kappa shape index (κ1) is 13.5. The normalized spacial score (nSPS) is 14.2. The molecule has 1 aromatic rings. The lowest BCUT2D eigenvalue weighted by atomic mass is 9.95.